The van der Waals surface area contributed by atoms with Crippen molar-refractivity contribution in [3.05, 3.63) is 61.9 Å². The van der Waals surface area contributed by atoms with Crippen LogP contribution in [0.5, 0.6) is 0 Å². The second kappa shape index (κ2) is 7.79. The van der Waals surface area contributed by atoms with Gasteiger partial charge in [-0.05, 0) is 43.5 Å². The van der Waals surface area contributed by atoms with Gasteiger partial charge in [-0.1, -0.05) is 30.3 Å². The second-order valence-electron chi connectivity index (χ2n) is 6.28. The Hall–Kier alpha value is -2.87. The normalized spacial score (nSPS) is 10.9. The number of H-pyrrole nitrogens is 2. The maximum atomic E-state index is 12.2. The van der Waals surface area contributed by atoms with E-state index in [9.17, 15) is 14.4 Å². The number of aromatic amines is 2. The number of nitrogens with one attached hydrogen (secondary N) is 3. The van der Waals surface area contributed by atoms with Gasteiger partial charge in [0.15, 0.2) is 0 Å². The van der Waals surface area contributed by atoms with E-state index in [2.05, 4.69) is 47.3 Å². The van der Waals surface area contributed by atoms with Gasteiger partial charge >= 0.3 is 5.69 Å². The molecule has 0 saturated carbocycles. The Morgan fingerprint density at radius 3 is 2.70 bits per heavy atom. The van der Waals surface area contributed by atoms with Gasteiger partial charge in [0.05, 0.1) is 11.3 Å². The highest BCUT2D eigenvalue weighted by atomic mass is 32.2. The van der Waals surface area contributed by atoms with E-state index in [1.165, 1.54) is 23.5 Å². The lowest BCUT2D eigenvalue weighted by Gasteiger charge is -2.11. The SMILES string of the molecule is CCc1cc2cc(C)cc(C)c2nc1SCC(=O)Nc1c[nH]c(=O)[nH]c1=O. The second-order valence-corrected chi connectivity index (χ2v) is 7.25. The number of amides is 1. The molecule has 7 nitrogen and oxygen atoms in total. The van der Waals surface area contributed by atoms with Gasteiger partial charge in [-0.15, -0.1) is 0 Å². The van der Waals surface area contributed by atoms with Crippen LogP contribution in [0.25, 0.3) is 10.9 Å². The summed E-state index contributed by atoms with van der Waals surface area (Å²) in [5.41, 5.74) is 3.04. The van der Waals surface area contributed by atoms with Crippen LogP contribution in [0.15, 0.2) is 39.0 Å². The number of rotatable bonds is 5. The number of fused-ring (bicyclic) bond motifs is 1. The smallest absolute Gasteiger partial charge is 0.320 e. The Bertz CT molecular complexity index is 1130. The summed E-state index contributed by atoms with van der Waals surface area (Å²) in [6, 6.07) is 6.32. The molecule has 1 aromatic carbocycles. The van der Waals surface area contributed by atoms with Crippen LogP contribution in [0, 0.1) is 13.8 Å². The number of nitrogens with zero attached hydrogens (tertiary/aromatic N) is 1. The average Bonchev–Trinajstić information content (AvgIpc) is 2.61. The Kier molecular flexibility index (Phi) is 5.46. The lowest BCUT2D eigenvalue weighted by molar-refractivity contribution is -0.113. The molecular weight excluding hydrogens is 364 g/mol. The van der Waals surface area contributed by atoms with E-state index in [-0.39, 0.29) is 17.3 Å². The van der Waals surface area contributed by atoms with Crippen LogP contribution in [0.3, 0.4) is 0 Å². The Morgan fingerprint density at radius 2 is 2.00 bits per heavy atom. The predicted molar refractivity (Wildman–Crippen MR) is 108 cm³/mol. The summed E-state index contributed by atoms with van der Waals surface area (Å²) in [5.74, 6) is -0.239. The molecular formula is C19H20N4O3S. The Balaban J connectivity index is 1.80. The minimum absolute atomic E-state index is 0.00806. The molecule has 0 aliphatic heterocycles. The lowest BCUT2D eigenvalue weighted by atomic mass is 10.0. The number of anilines is 1. The molecule has 0 unspecified atom stereocenters. The first-order valence-corrected chi connectivity index (χ1v) is 9.51. The first-order valence-electron chi connectivity index (χ1n) is 8.53. The van der Waals surface area contributed by atoms with Crippen molar-refractivity contribution in [3.63, 3.8) is 0 Å². The van der Waals surface area contributed by atoms with E-state index in [0.29, 0.717) is 0 Å². The third kappa shape index (κ3) is 4.28. The van der Waals surface area contributed by atoms with Gasteiger partial charge in [0.2, 0.25) is 5.91 Å². The number of benzene rings is 1. The molecule has 0 aliphatic rings. The zero-order valence-corrected chi connectivity index (χ0v) is 16.1. The van der Waals surface area contributed by atoms with Crippen LogP contribution in [0.2, 0.25) is 0 Å². The van der Waals surface area contributed by atoms with Gasteiger partial charge in [-0.2, -0.15) is 0 Å². The standard InChI is InChI=1S/C19H20N4O3S/c1-4-12-7-13-6-10(2)5-11(3)16(13)22-18(12)27-9-15(24)21-14-8-20-19(26)23-17(14)25/h5-8H,4,9H2,1-3H3,(H,21,24)(H2,20,23,25,26). The summed E-state index contributed by atoms with van der Waals surface area (Å²) in [6.07, 6.45) is 1.99. The van der Waals surface area contributed by atoms with Crippen LogP contribution in [0.4, 0.5) is 5.69 Å². The quantitative estimate of drug-likeness (QED) is 0.586. The molecule has 2 aromatic heterocycles. The highest BCUT2D eigenvalue weighted by Gasteiger charge is 2.12. The minimum Gasteiger partial charge on any atom is -0.320 e. The molecule has 27 heavy (non-hydrogen) atoms. The van der Waals surface area contributed by atoms with Crippen LogP contribution in [-0.4, -0.2) is 26.6 Å². The summed E-state index contributed by atoms with van der Waals surface area (Å²) in [6.45, 7) is 6.14. The highest BCUT2D eigenvalue weighted by molar-refractivity contribution is 8.00. The van der Waals surface area contributed by atoms with Crippen molar-refractivity contribution < 1.29 is 4.79 Å². The Labute approximate surface area is 159 Å². The van der Waals surface area contributed by atoms with Gasteiger partial charge in [0.1, 0.15) is 10.7 Å². The van der Waals surface area contributed by atoms with Gasteiger partial charge < -0.3 is 10.3 Å². The average molecular weight is 384 g/mol. The highest BCUT2D eigenvalue weighted by Crippen LogP contribution is 2.28. The molecule has 0 bridgehead atoms. The third-order valence-corrected chi connectivity index (χ3v) is 5.14. The fourth-order valence-electron chi connectivity index (χ4n) is 2.88. The first-order chi connectivity index (χ1) is 12.9. The van der Waals surface area contributed by atoms with E-state index in [4.69, 9.17) is 4.98 Å². The lowest BCUT2D eigenvalue weighted by Crippen LogP contribution is -2.27. The zero-order chi connectivity index (χ0) is 19.6. The van der Waals surface area contributed by atoms with E-state index in [0.717, 1.165) is 33.5 Å². The molecule has 0 radical (unpaired) electrons. The number of carbonyl (C=O) groups excluding carboxylic acids is 1. The maximum absolute atomic E-state index is 12.2. The van der Waals surface area contributed by atoms with E-state index < -0.39 is 11.2 Å². The van der Waals surface area contributed by atoms with Gasteiger partial charge in [-0.25, -0.2) is 9.78 Å². The van der Waals surface area contributed by atoms with Crippen molar-refractivity contribution in [2.24, 2.45) is 0 Å². The van der Waals surface area contributed by atoms with Gasteiger partial charge in [0.25, 0.3) is 5.56 Å². The van der Waals surface area contributed by atoms with Gasteiger partial charge in [-0.3, -0.25) is 14.6 Å². The third-order valence-electron chi connectivity index (χ3n) is 4.11. The van der Waals surface area contributed by atoms with Crippen molar-refractivity contribution in [1.82, 2.24) is 15.0 Å². The summed E-state index contributed by atoms with van der Waals surface area (Å²) in [4.78, 5) is 44.0. The van der Waals surface area contributed by atoms with Crippen molar-refractivity contribution in [2.75, 3.05) is 11.1 Å². The summed E-state index contributed by atoms with van der Waals surface area (Å²) < 4.78 is 0. The fraction of sp³-hybridized carbons (Fsp3) is 0.263. The van der Waals surface area contributed by atoms with Crippen LogP contribution >= 0.6 is 11.8 Å². The number of hydrogen-bond acceptors (Lipinski definition) is 5. The topological polar surface area (TPSA) is 108 Å². The van der Waals surface area contributed by atoms with Crippen LogP contribution < -0.4 is 16.6 Å². The summed E-state index contributed by atoms with van der Waals surface area (Å²) in [7, 11) is 0. The summed E-state index contributed by atoms with van der Waals surface area (Å²) >= 11 is 1.33. The maximum Gasteiger partial charge on any atom is 0.325 e. The monoisotopic (exact) mass is 384 g/mol. The molecule has 0 spiro atoms. The molecule has 0 saturated heterocycles. The number of aromatic nitrogens is 3. The molecule has 140 valence electrons. The van der Waals surface area contributed by atoms with Crippen molar-refractivity contribution in [3.8, 4) is 0 Å². The van der Waals surface area contributed by atoms with Crippen molar-refractivity contribution in [2.45, 2.75) is 32.2 Å². The van der Waals surface area contributed by atoms with E-state index in [1.54, 1.807) is 0 Å². The fourth-order valence-corrected chi connectivity index (χ4v) is 3.76. The summed E-state index contributed by atoms with van der Waals surface area (Å²) in [5, 5.41) is 4.40. The Morgan fingerprint density at radius 1 is 1.22 bits per heavy atom. The number of aryl methyl sites for hydroxylation is 3. The molecule has 3 rings (SSSR count). The molecule has 0 atom stereocenters. The number of carbonyl (C=O) groups is 1. The zero-order valence-electron chi connectivity index (χ0n) is 15.3. The first kappa shape index (κ1) is 18.9. The van der Waals surface area contributed by atoms with E-state index in [1.807, 2.05) is 6.92 Å². The number of hydrogen-bond donors (Lipinski definition) is 3. The number of thioether (sulfide) groups is 1. The van der Waals surface area contributed by atoms with Crippen LogP contribution in [0.1, 0.15) is 23.6 Å². The molecule has 1 amide bonds. The van der Waals surface area contributed by atoms with Gasteiger partial charge in [0, 0.05) is 11.6 Å². The van der Waals surface area contributed by atoms with E-state index >= 15 is 0 Å². The molecule has 2 heterocycles. The van der Waals surface area contributed by atoms with Crippen molar-refractivity contribution >= 4 is 34.3 Å². The molecule has 3 N–H and O–H groups in total. The molecule has 8 heteroatoms. The van der Waals surface area contributed by atoms with Crippen LogP contribution in [-0.2, 0) is 11.2 Å². The predicted octanol–water partition coefficient (Wildman–Crippen LogP) is 2.52. The molecule has 3 aromatic rings. The molecule has 0 fully saturated rings. The largest absolute Gasteiger partial charge is 0.325 e. The molecule has 0 aliphatic carbocycles. The number of pyridine rings is 1. The minimum atomic E-state index is -0.638. The van der Waals surface area contributed by atoms with Crippen molar-refractivity contribution in [1.29, 1.82) is 0 Å².